The van der Waals surface area contributed by atoms with Crippen molar-refractivity contribution in [2.24, 2.45) is 29.6 Å². The molecule has 0 saturated heterocycles. The molecule has 6 unspecified atom stereocenters. The van der Waals surface area contributed by atoms with Gasteiger partial charge in [0.05, 0.1) is 5.69 Å². The number of hydrogen-bond acceptors (Lipinski definition) is 1. The molecule has 7 aromatic rings. The number of fused-ring (bicyclic) bond motifs is 17. The molecule has 59 heavy (non-hydrogen) atoms. The third-order valence-electron chi connectivity index (χ3n) is 17.1. The fraction of sp³-hybridized carbons (Fsp3) is 0.310. The van der Waals surface area contributed by atoms with Crippen LogP contribution < -0.4 is 4.90 Å². The summed E-state index contributed by atoms with van der Waals surface area (Å²) in [5, 5.41) is 2.59. The van der Waals surface area contributed by atoms with Crippen molar-refractivity contribution in [1.82, 2.24) is 0 Å². The van der Waals surface area contributed by atoms with Crippen LogP contribution in [0.4, 0.5) is 17.1 Å². The highest BCUT2D eigenvalue weighted by molar-refractivity contribution is 5.99. The van der Waals surface area contributed by atoms with Crippen LogP contribution in [0.3, 0.4) is 0 Å². The first-order chi connectivity index (χ1) is 29.2. The smallest absolute Gasteiger partial charge is 0.0543 e. The Morgan fingerprint density at radius 2 is 1.24 bits per heavy atom. The van der Waals surface area contributed by atoms with Crippen LogP contribution in [0.25, 0.3) is 44.2 Å². The zero-order chi connectivity index (χ0) is 38.9. The van der Waals surface area contributed by atoms with Gasteiger partial charge in [-0.05, 0) is 159 Å². The highest BCUT2D eigenvalue weighted by Gasteiger charge is 2.58. The largest absolute Gasteiger partial charge is 0.310 e. The molecule has 4 bridgehead atoms. The minimum Gasteiger partial charge on any atom is -0.310 e. The highest BCUT2D eigenvalue weighted by Crippen LogP contribution is 2.68. The van der Waals surface area contributed by atoms with Crippen molar-refractivity contribution in [1.29, 1.82) is 0 Å². The lowest BCUT2D eigenvalue weighted by Crippen LogP contribution is -2.48. The molecule has 4 saturated carbocycles. The maximum Gasteiger partial charge on any atom is 0.0543 e. The van der Waals surface area contributed by atoms with Gasteiger partial charge in [-0.15, -0.1) is 0 Å². The van der Waals surface area contributed by atoms with Gasteiger partial charge >= 0.3 is 0 Å². The first-order valence-corrected chi connectivity index (χ1v) is 23.0. The second kappa shape index (κ2) is 12.8. The van der Waals surface area contributed by atoms with Crippen molar-refractivity contribution < 1.29 is 0 Å². The van der Waals surface area contributed by atoms with Crippen LogP contribution >= 0.6 is 0 Å². The Balaban J connectivity index is 1.04. The van der Waals surface area contributed by atoms with Crippen molar-refractivity contribution in [3.05, 3.63) is 174 Å². The van der Waals surface area contributed by atoms with E-state index in [0.717, 1.165) is 17.8 Å². The number of anilines is 3. The average molecular weight is 764 g/mol. The average Bonchev–Trinajstić information content (AvgIpc) is 4.05. The van der Waals surface area contributed by atoms with Crippen LogP contribution in [0.15, 0.2) is 152 Å². The molecule has 7 atom stereocenters. The quantitative estimate of drug-likeness (QED) is 0.169. The lowest BCUT2D eigenvalue weighted by Gasteiger charge is -2.54. The van der Waals surface area contributed by atoms with Gasteiger partial charge in [-0.3, -0.25) is 0 Å². The summed E-state index contributed by atoms with van der Waals surface area (Å²) in [6.07, 6.45) is 13.5. The molecule has 0 aliphatic heterocycles. The fourth-order valence-electron chi connectivity index (χ4n) is 15.0. The van der Waals surface area contributed by atoms with E-state index in [4.69, 9.17) is 0 Å². The van der Waals surface area contributed by atoms with E-state index in [1.807, 2.05) is 0 Å². The minimum absolute atomic E-state index is 0.0654. The predicted octanol–water partition coefficient (Wildman–Crippen LogP) is 15.6. The lowest BCUT2D eigenvalue weighted by atomic mass is 9.50. The summed E-state index contributed by atoms with van der Waals surface area (Å²) < 4.78 is 0. The third-order valence-corrected chi connectivity index (χ3v) is 17.1. The van der Waals surface area contributed by atoms with Crippen molar-refractivity contribution in [2.45, 2.75) is 82.0 Å². The van der Waals surface area contributed by atoms with E-state index in [9.17, 15) is 0 Å². The van der Waals surface area contributed by atoms with Crippen LogP contribution in [0.1, 0.15) is 93.4 Å². The number of hydrogen-bond donors (Lipinski definition) is 0. The van der Waals surface area contributed by atoms with E-state index in [-0.39, 0.29) is 10.8 Å². The van der Waals surface area contributed by atoms with E-state index < -0.39 is 0 Å². The summed E-state index contributed by atoms with van der Waals surface area (Å²) in [5.41, 5.74) is 18.9. The summed E-state index contributed by atoms with van der Waals surface area (Å²) in [7, 11) is 0. The van der Waals surface area contributed by atoms with Crippen molar-refractivity contribution >= 4 is 27.8 Å². The van der Waals surface area contributed by atoms with Gasteiger partial charge < -0.3 is 4.90 Å². The monoisotopic (exact) mass is 763 g/mol. The van der Waals surface area contributed by atoms with Crippen LogP contribution in [-0.2, 0) is 10.8 Å². The third kappa shape index (κ3) is 4.63. The Bertz CT molecular complexity index is 2800. The Morgan fingerprint density at radius 1 is 0.525 bits per heavy atom. The van der Waals surface area contributed by atoms with Gasteiger partial charge in [0, 0.05) is 27.8 Å². The summed E-state index contributed by atoms with van der Waals surface area (Å²) >= 11 is 0. The number of benzene rings is 7. The van der Waals surface area contributed by atoms with Gasteiger partial charge in [0.2, 0.25) is 0 Å². The van der Waals surface area contributed by atoms with Gasteiger partial charge in [-0.25, -0.2) is 0 Å². The Hall–Kier alpha value is -5.40. The molecule has 2 spiro atoms. The first kappa shape index (κ1) is 34.5. The maximum absolute atomic E-state index is 2.69. The zero-order valence-corrected chi connectivity index (χ0v) is 34.3. The summed E-state index contributed by atoms with van der Waals surface area (Å²) in [6, 6.07) is 59.2. The van der Waals surface area contributed by atoms with E-state index in [1.165, 1.54) is 125 Å². The molecule has 0 amide bonds. The Morgan fingerprint density at radius 3 is 2.08 bits per heavy atom. The standard InChI is InChI=1S/C58H53N/c1-2-41-32-37-12-9-15-43(33-37)58(41)52-21-8-5-17-48(52)49-31-30-45(35-54(49)58)59(44-28-25-40(26-29-44)47-19-10-14-39-13-3-4-16-46(39)47)55-23-11-22-53-56(55)50-18-6-7-20-51(50)57(53)36-38-24-27-42(57)34-38/h3-8,10-11,13-14,16-23,25-26,28-31,35,37-38,41-43H,2,9,12,15,24,27,32-34,36H2,1H3/t37?,38?,41-,42?,43?,57?,58?/m0/s1. The van der Waals surface area contributed by atoms with Crippen molar-refractivity contribution in [3.8, 4) is 33.4 Å². The molecule has 290 valence electrons. The van der Waals surface area contributed by atoms with Gasteiger partial charge in [0.25, 0.3) is 0 Å². The lowest BCUT2D eigenvalue weighted by molar-refractivity contribution is 0.0557. The Labute approximate surface area is 350 Å². The normalized spacial score (nSPS) is 27.8. The maximum atomic E-state index is 2.69. The van der Waals surface area contributed by atoms with Crippen LogP contribution in [0.5, 0.6) is 0 Å². The first-order valence-electron chi connectivity index (χ1n) is 23.0. The molecule has 1 heteroatoms. The number of rotatable bonds is 5. The molecular weight excluding hydrogens is 711 g/mol. The topological polar surface area (TPSA) is 3.24 Å². The molecule has 6 aliphatic rings. The van der Waals surface area contributed by atoms with Gasteiger partial charge in [-0.2, -0.15) is 0 Å². The predicted molar refractivity (Wildman–Crippen MR) is 246 cm³/mol. The molecule has 1 nitrogen and oxygen atoms in total. The summed E-state index contributed by atoms with van der Waals surface area (Å²) in [4.78, 5) is 2.67. The van der Waals surface area contributed by atoms with E-state index in [2.05, 4.69) is 163 Å². The van der Waals surface area contributed by atoms with Crippen LogP contribution in [-0.4, -0.2) is 0 Å². The number of nitrogens with zero attached hydrogens (tertiary/aromatic N) is 1. The SMILES string of the molecule is CC[C@H]1CC2CCCC(C2)C12c1ccccc1-c1ccc(N(c3ccc(-c4cccc5ccccc45)cc3)c3cccc4c3-c3ccccc3C43CC4CCC3C4)cc12. The molecule has 0 radical (unpaired) electrons. The summed E-state index contributed by atoms with van der Waals surface area (Å²) in [6.45, 7) is 2.48. The van der Waals surface area contributed by atoms with Crippen molar-refractivity contribution in [3.63, 3.8) is 0 Å². The zero-order valence-electron chi connectivity index (χ0n) is 34.3. The molecular formula is C58H53N. The molecule has 0 heterocycles. The van der Waals surface area contributed by atoms with E-state index in [0.29, 0.717) is 11.8 Å². The second-order valence-electron chi connectivity index (χ2n) is 19.4. The molecule has 0 aromatic heterocycles. The van der Waals surface area contributed by atoms with Crippen LogP contribution in [0.2, 0.25) is 0 Å². The van der Waals surface area contributed by atoms with Crippen molar-refractivity contribution in [2.75, 3.05) is 4.90 Å². The van der Waals surface area contributed by atoms with Gasteiger partial charge in [-0.1, -0.05) is 154 Å². The molecule has 13 rings (SSSR count). The fourth-order valence-corrected chi connectivity index (χ4v) is 15.0. The summed E-state index contributed by atoms with van der Waals surface area (Å²) in [5.74, 6) is 3.80. The minimum atomic E-state index is 0.0654. The molecule has 7 aromatic carbocycles. The van der Waals surface area contributed by atoms with Gasteiger partial charge in [0.15, 0.2) is 0 Å². The van der Waals surface area contributed by atoms with Crippen LogP contribution in [0, 0.1) is 29.6 Å². The second-order valence-corrected chi connectivity index (χ2v) is 19.4. The molecule has 0 N–H and O–H groups in total. The molecule has 4 fully saturated rings. The highest BCUT2D eigenvalue weighted by atomic mass is 15.1. The van der Waals surface area contributed by atoms with Gasteiger partial charge in [0.1, 0.15) is 0 Å². The van der Waals surface area contributed by atoms with E-state index >= 15 is 0 Å². The van der Waals surface area contributed by atoms with E-state index in [1.54, 1.807) is 22.3 Å². The molecule has 6 aliphatic carbocycles. The Kier molecular flexibility index (Phi) is 7.48.